The summed E-state index contributed by atoms with van der Waals surface area (Å²) in [5, 5.41) is 3.80. The van der Waals surface area contributed by atoms with Crippen LogP contribution in [0.5, 0.6) is 0 Å². The lowest BCUT2D eigenvalue weighted by molar-refractivity contribution is 0.439. The SMILES string of the molecule is Nc1cc(-c2ccc3oc(=O)sc3c2)no1. The van der Waals surface area contributed by atoms with Crippen molar-refractivity contribution in [2.75, 3.05) is 5.73 Å². The highest BCUT2D eigenvalue weighted by molar-refractivity contribution is 7.16. The fourth-order valence-electron chi connectivity index (χ4n) is 1.46. The minimum Gasteiger partial charge on any atom is -0.414 e. The maximum atomic E-state index is 11.0. The van der Waals surface area contributed by atoms with Crippen LogP contribution in [0.4, 0.5) is 5.88 Å². The van der Waals surface area contributed by atoms with E-state index in [0.29, 0.717) is 11.3 Å². The largest absolute Gasteiger partial charge is 0.414 e. The van der Waals surface area contributed by atoms with Crippen molar-refractivity contribution in [2.24, 2.45) is 0 Å². The number of hydrogen-bond donors (Lipinski definition) is 1. The number of nitrogens with zero attached hydrogens (tertiary/aromatic N) is 1. The molecule has 3 aromatic rings. The van der Waals surface area contributed by atoms with E-state index in [9.17, 15) is 4.79 Å². The Morgan fingerprint density at radius 1 is 1.31 bits per heavy atom. The van der Waals surface area contributed by atoms with Crippen molar-refractivity contribution >= 4 is 27.5 Å². The van der Waals surface area contributed by atoms with Crippen LogP contribution >= 0.6 is 11.3 Å². The molecule has 2 N–H and O–H groups in total. The molecule has 0 aliphatic carbocycles. The van der Waals surface area contributed by atoms with Gasteiger partial charge in [0.1, 0.15) is 11.3 Å². The van der Waals surface area contributed by atoms with Gasteiger partial charge in [0.15, 0.2) is 0 Å². The standard InChI is InChI=1S/C10H6N2O3S/c11-9-4-6(12-15-9)5-1-2-7-8(3-5)16-10(13)14-7/h1-4H,11H2. The lowest BCUT2D eigenvalue weighted by Gasteiger charge is -1.93. The molecule has 0 saturated heterocycles. The highest BCUT2D eigenvalue weighted by Gasteiger charge is 2.07. The third-order valence-electron chi connectivity index (χ3n) is 2.15. The van der Waals surface area contributed by atoms with E-state index in [2.05, 4.69) is 5.16 Å². The number of nitrogen functional groups attached to an aromatic ring is 1. The van der Waals surface area contributed by atoms with Crippen LogP contribution < -0.4 is 10.7 Å². The Hall–Kier alpha value is -2.08. The van der Waals surface area contributed by atoms with Gasteiger partial charge in [0.25, 0.3) is 0 Å². The molecule has 0 radical (unpaired) electrons. The molecule has 1 aromatic carbocycles. The average molecular weight is 234 g/mol. The van der Waals surface area contributed by atoms with Crippen LogP contribution in [0.3, 0.4) is 0 Å². The molecule has 0 bridgehead atoms. The molecule has 80 valence electrons. The van der Waals surface area contributed by atoms with Crippen molar-refractivity contribution in [1.29, 1.82) is 0 Å². The Kier molecular flexibility index (Phi) is 1.84. The van der Waals surface area contributed by atoms with Crippen LogP contribution in [-0.2, 0) is 0 Å². The molecule has 0 aliphatic rings. The molecular weight excluding hydrogens is 228 g/mol. The molecule has 0 atom stereocenters. The fraction of sp³-hybridized carbons (Fsp3) is 0. The Bertz CT molecular complexity index is 710. The van der Waals surface area contributed by atoms with Crippen molar-refractivity contribution < 1.29 is 8.94 Å². The van der Waals surface area contributed by atoms with E-state index < -0.39 is 0 Å². The van der Waals surface area contributed by atoms with E-state index in [1.807, 2.05) is 6.07 Å². The first kappa shape index (κ1) is 9.17. The highest BCUT2D eigenvalue weighted by atomic mass is 32.1. The fourth-order valence-corrected chi connectivity index (χ4v) is 2.16. The van der Waals surface area contributed by atoms with E-state index in [1.165, 1.54) is 0 Å². The van der Waals surface area contributed by atoms with Gasteiger partial charge in [-0.2, -0.15) is 0 Å². The zero-order chi connectivity index (χ0) is 11.1. The maximum Gasteiger partial charge on any atom is 0.396 e. The normalized spacial score (nSPS) is 11.0. The number of fused-ring (bicyclic) bond motifs is 1. The third kappa shape index (κ3) is 1.40. The molecule has 5 nitrogen and oxygen atoms in total. The lowest BCUT2D eigenvalue weighted by atomic mass is 10.1. The molecule has 2 heterocycles. The van der Waals surface area contributed by atoms with Gasteiger partial charge in [-0.1, -0.05) is 16.5 Å². The van der Waals surface area contributed by atoms with Crippen LogP contribution in [0, 0.1) is 0 Å². The molecule has 16 heavy (non-hydrogen) atoms. The molecule has 2 aromatic heterocycles. The van der Waals surface area contributed by atoms with Crippen molar-refractivity contribution in [3.63, 3.8) is 0 Å². The van der Waals surface area contributed by atoms with Gasteiger partial charge in [-0.05, 0) is 18.2 Å². The molecule has 0 amide bonds. The second kappa shape index (κ2) is 3.21. The van der Waals surface area contributed by atoms with Gasteiger partial charge in [0.05, 0.1) is 4.70 Å². The van der Waals surface area contributed by atoms with Crippen molar-refractivity contribution in [3.8, 4) is 11.3 Å². The van der Waals surface area contributed by atoms with Crippen LogP contribution in [0.15, 0.2) is 38.0 Å². The van der Waals surface area contributed by atoms with E-state index >= 15 is 0 Å². The molecule has 0 unspecified atom stereocenters. The van der Waals surface area contributed by atoms with Crippen LogP contribution in [0.1, 0.15) is 0 Å². The van der Waals surface area contributed by atoms with Gasteiger partial charge >= 0.3 is 4.94 Å². The summed E-state index contributed by atoms with van der Waals surface area (Å²) in [5.41, 5.74) is 7.49. The Morgan fingerprint density at radius 3 is 2.94 bits per heavy atom. The number of rotatable bonds is 1. The van der Waals surface area contributed by atoms with Crippen molar-refractivity contribution in [1.82, 2.24) is 5.16 Å². The van der Waals surface area contributed by atoms with E-state index in [1.54, 1.807) is 18.2 Å². The van der Waals surface area contributed by atoms with E-state index in [4.69, 9.17) is 14.7 Å². The second-order valence-electron chi connectivity index (χ2n) is 3.23. The Labute approximate surface area is 93.1 Å². The summed E-state index contributed by atoms with van der Waals surface area (Å²) in [6.07, 6.45) is 0. The maximum absolute atomic E-state index is 11.0. The van der Waals surface area contributed by atoms with Gasteiger partial charge in [-0.25, -0.2) is 4.79 Å². The third-order valence-corrected chi connectivity index (χ3v) is 2.94. The van der Waals surface area contributed by atoms with Gasteiger partial charge < -0.3 is 14.7 Å². The van der Waals surface area contributed by atoms with E-state index in [-0.39, 0.29) is 10.8 Å². The number of anilines is 1. The van der Waals surface area contributed by atoms with Crippen LogP contribution in [0.25, 0.3) is 21.5 Å². The monoisotopic (exact) mass is 234 g/mol. The zero-order valence-corrected chi connectivity index (χ0v) is 8.78. The predicted octanol–water partition coefficient (Wildman–Crippen LogP) is 2.09. The molecule has 0 spiro atoms. The zero-order valence-electron chi connectivity index (χ0n) is 7.97. The topological polar surface area (TPSA) is 82.3 Å². The number of nitrogens with two attached hydrogens (primary N) is 1. The quantitative estimate of drug-likeness (QED) is 0.697. The molecule has 6 heteroatoms. The smallest absolute Gasteiger partial charge is 0.396 e. The van der Waals surface area contributed by atoms with Crippen molar-refractivity contribution in [2.45, 2.75) is 0 Å². The first-order chi connectivity index (χ1) is 7.72. The Balaban J connectivity index is 2.21. The average Bonchev–Trinajstić information content (AvgIpc) is 2.81. The number of aromatic nitrogens is 1. The summed E-state index contributed by atoms with van der Waals surface area (Å²) in [4.78, 5) is 10.7. The molecule has 0 saturated carbocycles. The summed E-state index contributed by atoms with van der Waals surface area (Å²) >= 11 is 1.06. The number of hydrogen-bond acceptors (Lipinski definition) is 6. The minimum absolute atomic E-state index is 0.260. The van der Waals surface area contributed by atoms with Gasteiger partial charge in [-0.15, -0.1) is 0 Å². The van der Waals surface area contributed by atoms with E-state index in [0.717, 1.165) is 21.6 Å². The van der Waals surface area contributed by atoms with Gasteiger partial charge in [0.2, 0.25) is 5.88 Å². The summed E-state index contributed by atoms with van der Waals surface area (Å²) in [6, 6.07) is 6.98. The van der Waals surface area contributed by atoms with Gasteiger partial charge in [-0.3, -0.25) is 0 Å². The Morgan fingerprint density at radius 2 is 2.19 bits per heavy atom. The van der Waals surface area contributed by atoms with Gasteiger partial charge in [0, 0.05) is 11.6 Å². The summed E-state index contributed by atoms with van der Waals surface area (Å²) in [7, 11) is 0. The van der Waals surface area contributed by atoms with Crippen LogP contribution in [-0.4, -0.2) is 5.16 Å². The summed E-state index contributed by atoms with van der Waals surface area (Å²) in [6.45, 7) is 0. The first-order valence-corrected chi connectivity index (χ1v) is 5.30. The van der Waals surface area contributed by atoms with Crippen molar-refractivity contribution in [3.05, 3.63) is 34.0 Å². The minimum atomic E-state index is -0.313. The molecular formula is C10H6N2O3S. The van der Waals surface area contributed by atoms with Crippen LogP contribution in [0.2, 0.25) is 0 Å². The molecule has 3 rings (SSSR count). The second-order valence-corrected chi connectivity index (χ2v) is 4.21. The molecule has 0 aliphatic heterocycles. The number of benzene rings is 1. The summed E-state index contributed by atoms with van der Waals surface area (Å²) in [5.74, 6) is 0.260. The molecule has 0 fully saturated rings. The first-order valence-electron chi connectivity index (χ1n) is 4.48. The lowest BCUT2D eigenvalue weighted by Crippen LogP contribution is -1.79. The summed E-state index contributed by atoms with van der Waals surface area (Å²) < 4.78 is 10.5. The predicted molar refractivity (Wildman–Crippen MR) is 60.3 cm³/mol. The highest BCUT2D eigenvalue weighted by Crippen LogP contribution is 2.26.